The van der Waals surface area contributed by atoms with Crippen molar-refractivity contribution in [1.82, 2.24) is 15.1 Å². The summed E-state index contributed by atoms with van der Waals surface area (Å²) in [6.45, 7) is 1.86. The Morgan fingerprint density at radius 1 is 1.38 bits per heavy atom. The van der Waals surface area contributed by atoms with Gasteiger partial charge in [0.15, 0.2) is 0 Å². The lowest BCUT2D eigenvalue weighted by molar-refractivity contribution is -0.121. The SMILES string of the molecule is CS[C@H](C(=O)N[C@H]1CCCN(c2cnn(C)c2)C1)c1ccccc1. The number of carbonyl (C=O) groups is 1. The molecule has 1 saturated heterocycles. The molecule has 0 aliphatic carbocycles. The van der Waals surface area contributed by atoms with Crippen molar-refractivity contribution < 1.29 is 4.79 Å². The standard InChI is InChI=1S/C18H24N4OS/c1-21-13-16(11-19-21)22-10-6-9-15(12-22)20-18(23)17(24-2)14-7-4-3-5-8-14/h3-5,7-8,11,13,15,17H,6,9-10,12H2,1-2H3,(H,20,23)/t15-,17-/m0/s1. The van der Waals surface area contributed by atoms with Gasteiger partial charge in [-0.2, -0.15) is 5.10 Å². The second-order valence-corrected chi connectivity index (χ2v) is 7.14. The highest BCUT2D eigenvalue weighted by atomic mass is 32.2. The van der Waals surface area contributed by atoms with E-state index in [1.165, 1.54) is 0 Å². The van der Waals surface area contributed by atoms with E-state index in [4.69, 9.17) is 0 Å². The highest BCUT2D eigenvalue weighted by Crippen LogP contribution is 2.27. The number of anilines is 1. The van der Waals surface area contributed by atoms with Crippen LogP contribution in [-0.4, -0.2) is 41.1 Å². The molecule has 1 aromatic carbocycles. The van der Waals surface area contributed by atoms with Crippen LogP contribution in [-0.2, 0) is 11.8 Å². The van der Waals surface area contributed by atoms with E-state index in [1.807, 2.05) is 60.7 Å². The number of amides is 1. The predicted octanol–water partition coefficient (Wildman–Crippen LogP) is 2.61. The van der Waals surface area contributed by atoms with Crippen LogP contribution in [0.15, 0.2) is 42.7 Å². The van der Waals surface area contributed by atoms with Gasteiger partial charge in [0, 0.05) is 32.4 Å². The van der Waals surface area contributed by atoms with Gasteiger partial charge in [-0.3, -0.25) is 9.48 Å². The molecule has 0 saturated carbocycles. The fourth-order valence-corrected chi connectivity index (χ4v) is 3.91. The van der Waals surface area contributed by atoms with E-state index in [0.29, 0.717) is 0 Å². The first-order chi connectivity index (χ1) is 11.7. The second kappa shape index (κ2) is 7.75. The molecule has 6 heteroatoms. The zero-order valence-corrected chi connectivity index (χ0v) is 15.0. The second-order valence-electron chi connectivity index (χ2n) is 6.19. The summed E-state index contributed by atoms with van der Waals surface area (Å²) in [7, 11) is 1.93. The number of rotatable bonds is 5. The third-order valence-electron chi connectivity index (χ3n) is 4.40. The van der Waals surface area contributed by atoms with Crippen LogP contribution < -0.4 is 10.2 Å². The predicted molar refractivity (Wildman–Crippen MR) is 99.3 cm³/mol. The Morgan fingerprint density at radius 2 is 2.17 bits per heavy atom. The lowest BCUT2D eigenvalue weighted by Gasteiger charge is -2.34. The molecule has 2 aromatic rings. The number of piperidine rings is 1. The van der Waals surface area contributed by atoms with E-state index < -0.39 is 0 Å². The van der Waals surface area contributed by atoms with Crippen molar-refractivity contribution in [2.45, 2.75) is 24.1 Å². The van der Waals surface area contributed by atoms with Gasteiger partial charge in [0.1, 0.15) is 5.25 Å². The van der Waals surface area contributed by atoms with Crippen molar-refractivity contribution in [2.75, 3.05) is 24.2 Å². The number of nitrogens with zero attached hydrogens (tertiary/aromatic N) is 3. The Labute approximate surface area is 147 Å². The molecule has 0 bridgehead atoms. The summed E-state index contributed by atoms with van der Waals surface area (Å²) in [6.07, 6.45) is 8.01. The lowest BCUT2D eigenvalue weighted by Crippen LogP contribution is -2.48. The number of hydrogen-bond acceptors (Lipinski definition) is 4. The number of aryl methyl sites for hydroxylation is 1. The zero-order valence-electron chi connectivity index (χ0n) is 14.2. The van der Waals surface area contributed by atoms with Gasteiger partial charge in [-0.05, 0) is 24.7 Å². The fraction of sp³-hybridized carbons (Fsp3) is 0.444. The Bertz CT molecular complexity index is 673. The molecule has 5 nitrogen and oxygen atoms in total. The Morgan fingerprint density at radius 3 is 2.83 bits per heavy atom. The molecule has 1 N–H and O–H groups in total. The average Bonchev–Trinajstić information content (AvgIpc) is 3.03. The first-order valence-electron chi connectivity index (χ1n) is 8.29. The maximum Gasteiger partial charge on any atom is 0.237 e. The van der Waals surface area contributed by atoms with E-state index in [9.17, 15) is 4.79 Å². The average molecular weight is 344 g/mol. The molecule has 1 amide bonds. The maximum absolute atomic E-state index is 12.7. The lowest BCUT2D eigenvalue weighted by atomic mass is 10.0. The van der Waals surface area contributed by atoms with Gasteiger partial charge in [0.05, 0.1) is 11.9 Å². The van der Waals surface area contributed by atoms with Gasteiger partial charge in [-0.15, -0.1) is 11.8 Å². The van der Waals surface area contributed by atoms with Crippen molar-refractivity contribution in [3.8, 4) is 0 Å². The highest BCUT2D eigenvalue weighted by molar-refractivity contribution is 7.99. The quantitative estimate of drug-likeness (QED) is 0.906. The Kier molecular flexibility index (Phi) is 5.45. The summed E-state index contributed by atoms with van der Waals surface area (Å²) >= 11 is 1.58. The monoisotopic (exact) mass is 344 g/mol. The molecule has 0 spiro atoms. The summed E-state index contributed by atoms with van der Waals surface area (Å²) in [5, 5.41) is 7.34. The van der Waals surface area contributed by atoms with Gasteiger partial charge < -0.3 is 10.2 Å². The Hall–Kier alpha value is -1.95. The smallest absolute Gasteiger partial charge is 0.237 e. The molecule has 1 fully saturated rings. The van der Waals surface area contributed by atoms with Crippen LogP contribution in [0.5, 0.6) is 0 Å². The van der Waals surface area contributed by atoms with Gasteiger partial charge >= 0.3 is 0 Å². The number of aromatic nitrogens is 2. The molecule has 3 rings (SSSR count). The van der Waals surface area contributed by atoms with Crippen molar-refractivity contribution in [1.29, 1.82) is 0 Å². The number of benzene rings is 1. The summed E-state index contributed by atoms with van der Waals surface area (Å²) in [4.78, 5) is 15.0. The summed E-state index contributed by atoms with van der Waals surface area (Å²) in [5.74, 6) is 0.103. The molecular formula is C18H24N4OS. The third kappa shape index (κ3) is 3.93. The largest absolute Gasteiger partial charge is 0.367 e. The van der Waals surface area contributed by atoms with Crippen LogP contribution in [0.3, 0.4) is 0 Å². The van der Waals surface area contributed by atoms with Gasteiger partial charge in [0.2, 0.25) is 5.91 Å². The summed E-state index contributed by atoms with van der Waals surface area (Å²) < 4.78 is 1.82. The number of thioether (sulfide) groups is 1. The topological polar surface area (TPSA) is 50.2 Å². The molecule has 2 atom stereocenters. The molecule has 0 radical (unpaired) electrons. The van der Waals surface area contributed by atoms with Crippen LogP contribution in [0.2, 0.25) is 0 Å². The van der Waals surface area contributed by atoms with Crippen LogP contribution in [0, 0.1) is 0 Å². The highest BCUT2D eigenvalue weighted by Gasteiger charge is 2.26. The normalized spacial score (nSPS) is 19.1. The van der Waals surface area contributed by atoms with Gasteiger partial charge in [-0.1, -0.05) is 30.3 Å². The first-order valence-corrected chi connectivity index (χ1v) is 9.58. The molecule has 1 aliphatic heterocycles. The first kappa shape index (κ1) is 16.9. The minimum Gasteiger partial charge on any atom is -0.367 e. The molecule has 1 aromatic heterocycles. The number of carbonyl (C=O) groups excluding carboxylic acids is 1. The van der Waals surface area contributed by atoms with Crippen LogP contribution in [0.1, 0.15) is 23.7 Å². The van der Waals surface area contributed by atoms with E-state index in [0.717, 1.165) is 37.2 Å². The Balaban J connectivity index is 1.63. The third-order valence-corrected chi connectivity index (χ3v) is 5.36. The fourth-order valence-electron chi connectivity index (χ4n) is 3.20. The molecule has 2 heterocycles. The van der Waals surface area contributed by atoms with E-state index >= 15 is 0 Å². The van der Waals surface area contributed by atoms with E-state index in [2.05, 4.69) is 15.3 Å². The molecule has 1 aliphatic rings. The number of nitrogens with one attached hydrogen (secondary N) is 1. The molecular weight excluding hydrogens is 320 g/mol. The molecule has 24 heavy (non-hydrogen) atoms. The van der Waals surface area contributed by atoms with Crippen molar-refractivity contribution in [3.63, 3.8) is 0 Å². The van der Waals surface area contributed by atoms with E-state index in [1.54, 1.807) is 11.8 Å². The molecule has 128 valence electrons. The van der Waals surface area contributed by atoms with Crippen molar-refractivity contribution in [3.05, 3.63) is 48.3 Å². The van der Waals surface area contributed by atoms with Crippen molar-refractivity contribution >= 4 is 23.4 Å². The van der Waals surface area contributed by atoms with E-state index in [-0.39, 0.29) is 17.2 Å². The maximum atomic E-state index is 12.7. The summed E-state index contributed by atoms with van der Waals surface area (Å²) in [6, 6.07) is 10.2. The van der Waals surface area contributed by atoms with Crippen LogP contribution in [0.25, 0.3) is 0 Å². The van der Waals surface area contributed by atoms with Crippen LogP contribution in [0.4, 0.5) is 5.69 Å². The zero-order chi connectivity index (χ0) is 16.9. The molecule has 0 unspecified atom stereocenters. The van der Waals surface area contributed by atoms with Crippen LogP contribution >= 0.6 is 11.8 Å². The van der Waals surface area contributed by atoms with Crippen molar-refractivity contribution in [2.24, 2.45) is 7.05 Å². The number of hydrogen-bond donors (Lipinski definition) is 1. The summed E-state index contributed by atoms with van der Waals surface area (Å²) in [5.41, 5.74) is 2.18. The minimum absolute atomic E-state index is 0.103. The van der Waals surface area contributed by atoms with Gasteiger partial charge in [0.25, 0.3) is 0 Å². The van der Waals surface area contributed by atoms with Gasteiger partial charge in [-0.25, -0.2) is 0 Å². The minimum atomic E-state index is -0.153.